The number of aliphatic carboxylic acids is 1. The van der Waals surface area contributed by atoms with Crippen molar-refractivity contribution in [2.24, 2.45) is 35.5 Å². The molecule has 1 saturated heterocycles. The maximum absolute atomic E-state index is 13.8. The molecule has 2 amide bonds. The van der Waals surface area contributed by atoms with E-state index in [9.17, 15) is 24.6 Å². The molecule has 8 atom stereocenters. The second-order valence-corrected chi connectivity index (χ2v) is 13.8. The highest BCUT2D eigenvalue weighted by Gasteiger charge is 2.70. The largest absolute Gasteiger partial charge is 0.504 e. The third-order valence-electron chi connectivity index (χ3n) is 8.61. The van der Waals surface area contributed by atoms with Gasteiger partial charge in [0.2, 0.25) is 11.8 Å². The van der Waals surface area contributed by atoms with E-state index >= 15 is 0 Å². The predicted molar refractivity (Wildman–Crippen MR) is 140 cm³/mol. The van der Waals surface area contributed by atoms with Crippen LogP contribution in [0.3, 0.4) is 0 Å². The summed E-state index contributed by atoms with van der Waals surface area (Å²) in [7, 11) is 1.51. The number of likely N-dealkylation sites (tertiary alicyclic amines) is 1. The van der Waals surface area contributed by atoms with Crippen LogP contribution in [0, 0.1) is 39.5 Å². The number of methoxy groups -OCH3 is 1. The lowest BCUT2D eigenvalue weighted by Gasteiger charge is -2.43. The van der Waals surface area contributed by atoms with Gasteiger partial charge < -0.3 is 19.9 Å². The van der Waals surface area contributed by atoms with E-state index in [0.29, 0.717) is 9.70 Å². The number of nitrogens with one attached hydrogen (secondary N) is 1. The molecule has 3 heterocycles. The summed E-state index contributed by atoms with van der Waals surface area (Å²) >= 11 is 8.73. The number of aromatic hydroxyl groups is 1. The molecule has 196 valence electrons. The third-order valence-corrected chi connectivity index (χ3v) is 11.6. The molecule has 8 nitrogen and oxygen atoms in total. The van der Waals surface area contributed by atoms with Gasteiger partial charge in [0.1, 0.15) is 6.04 Å². The van der Waals surface area contributed by atoms with E-state index in [-0.39, 0.29) is 58.8 Å². The van der Waals surface area contributed by atoms with Crippen LogP contribution in [0.15, 0.2) is 23.2 Å². The number of rotatable bonds is 6. The molecule has 2 bridgehead atoms. The number of carboxylic acid groups (broad SMARTS) is 1. The Labute approximate surface area is 227 Å². The fourth-order valence-electron chi connectivity index (χ4n) is 7.37. The third kappa shape index (κ3) is 3.60. The number of phenolic OH excluding ortho intramolecular Hbond substituents is 1. The van der Waals surface area contributed by atoms with Crippen LogP contribution in [-0.2, 0) is 14.4 Å². The van der Waals surface area contributed by atoms with Gasteiger partial charge in [-0.1, -0.05) is 19.9 Å². The van der Waals surface area contributed by atoms with Crippen molar-refractivity contribution in [2.75, 3.05) is 7.11 Å². The van der Waals surface area contributed by atoms with Gasteiger partial charge in [-0.2, -0.15) is 0 Å². The van der Waals surface area contributed by atoms with Crippen LogP contribution in [0.1, 0.15) is 43.0 Å². The van der Waals surface area contributed by atoms with Crippen molar-refractivity contribution in [2.45, 2.75) is 48.9 Å². The lowest BCUT2D eigenvalue weighted by molar-refractivity contribution is -0.156. The van der Waals surface area contributed by atoms with Gasteiger partial charge in [0, 0.05) is 16.0 Å². The van der Waals surface area contributed by atoms with Gasteiger partial charge in [-0.25, -0.2) is 4.79 Å². The summed E-state index contributed by atoms with van der Waals surface area (Å²) in [5.41, 5.74) is 0.970. The second-order valence-electron chi connectivity index (χ2n) is 10.9. The number of fused-ring (bicyclic) bond motifs is 9. The first kappa shape index (κ1) is 24.9. The molecule has 0 radical (unpaired) electrons. The van der Waals surface area contributed by atoms with Gasteiger partial charge in [-0.05, 0) is 66.4 Å². The molecule has 1 aromatic heterocycles. The second kappa shape index (κ2) is 8.84. The van der Waals surface area contributed by atoms with E-state index in [4.69, 9.17) is 17.0 Å². The molecule has 2 aliphatic carbocycles. The Morgan fingerprint density at radius 2 is 1.95 bits per heavy atom. The molecule has 2 aliphatic heterocycles. The number of imide groups is 1. The number of phenols is 1. The molecular weight excluding hydrogens is 532 g/mol. The summed E-state index contributed by atoms with van der Waals surface area (Å²) < 4.78 is 6.07. The summed E-state index contributed by atoms with van der Waals surface area (Å²) in [4.78, 5) is 45.1. The maximum atomic E-state index is 13.8. The van der Waals surface area contributed by atoms with Gasteiger partial charge >= 0.3 is 5.97 Å². The molecule has 3 fully saturated rings. The minimum absolute atomic E-state index is 0.0172. The number of carbonyl (C=O) groups excluding carboxylic acids is 2. The van der Waals surface area contributed by atoms with Crippen molar-refractivity contribution in [3.8, 4) is 11.5 Å². The molecule has 0 spiro atoms. The van der Waals surface area contributed by atoms with Crippen LogP contribution in [0.4, 0.5) is 0 Å². The number of benzene rings is 1. The molecular formula is C26H28N2O6S3. The summed E-state index contributed by atoms with van der Waals surface area (Å²) in [6.45, 7) is 3.80. The van der Waals surface area contributed by atoms with Crippen LogP contribution in [0.25, 0.3) is 0 Å². The molecule has 3 N–H and O–H groups in total. The number of thioether (sulfide) groups is 1. The zero-order valence-corrected chi connectivity index (χ0v) is 23.0. The number of carbonyl (C=O) groups is 3. The summed E-state index contributed by atoms with van der Waals surface area (Å²) in [5.74, 6) is -2.34. The van der Waals surface area contributed by atoms with E-state index in [0.717, 1.165) is 26.8 Å². The number of H-pyrrole nitrogens is 1. The number of aromatic nitrogens is 1. The summed E-state index contributed by atoms with van der Waals surface area (Å²) in [5, 5.41) is 21.2. The van der Waals surface area contributed by atoms with Crippen molar-refractivity contribution >= 4 is 53.1 Å². The first-order valence-corrected chi connectivity index (χ1v) is 14.6. The number of carboxylic acids is 1. The normalized spacial score (nSPS) is 32.4. The molecule has 4 aliphatic rings. The Hall–Kier alpha value is -2.37. The number of hydrogen-bond donors (Lipinski definition) is 3. The monoisotopic (exact) mass is 560 g/mol. The van der Waals surface area contributed by atoms with Crippen molar-refractivity contribution in [3.63, 3.8) is 0 Å². The zero-order chi connectivity index (χ0) is 26.3. The Morgan fingerprint density at radius 3 is 2.59 bits per heavy atom. The number of nitrogens with zero attached hydrogens (tertiary/aromatic N) is 1. The topological polar surface area (TPSA) is 120 Å². The summed E-state index contributed by atoms with van der Waals surface area (Å²) in [6.07, 6.45) is 1.01. The van der Waals surface area contributed by atoms with Gasteiger partial charge in [-0.3, -0.25) is 14.5 Å². The van der Waals surface area contributed by atoms with Crippen LogP contribution in [-0.4, -0.2) is 56.3 Å². The van der Waals surface area contributed by atoms with Crippen LogP contribution >= 0.6 is 35.3 Å². The average molecular weight is 561 g/mol. The number of aromatic amines is 1. The minimum Gasteiger partial charge on any atom is -0.504 e. The number of ether oxygens (including phenoxy) is 1. The van der Waals surface area contributed by atoms with E-state index < -0.39 is 23.8 Å². The first-order chi connectivity index (χ1) is 17.6. The molecule has 37 heavy (non-hydrogen) atoms. The number of amides is 2. The van der Waals surface area contributed by atoms with Crippen LogP contribution < -0.4 is 4.74 Å². The highest BCUT2D eigenvalue weighted by atomic mass is 32.2. The zero-order valence-electron chi connectivity index (χ0n) is 20.5. The lowest BCUT2D eigenvalue weighted by Crippen LogP contribution is -2.47. The SMILES string of the molecule is COc1cc(C2c3sc(=S)[nH]c3SC3C4CC(C5C(=O)N(C(CC(C)C)C(=O)O)C(=O)C45)C23)ccc1O. The number of thiazole rings is 1. The minimum atomic E-state index is -1.13. The predicted octanol–water partition coefficient (Wildman–Crippen LogP) is 4.49. The van der Waals surface area contributed by atoms with E-state index in [1.165, 1.54) is 18.4 Å². The molecule has 11 heteroatoms. The van der Waals surface area contributed by atoms with Crippen molar-refractivity contribution in [1.29, 1.82) is 0 Å². The van der Waals surface area contributed by atoms with Crippen LogP contribution in [0.5, 0.6) is 11.5 Å². The first-order valence-electron chi connectivity index (χ1n) is 12.5. The fraction of sp³-hybridized carbons (Fsp3) is 0.538. The highest BCUT2D eigenvalue weighted by Crippen LogP contribution is 2.69. The fourth-order valence-corrected chi connectivity index (χ4v) is 10.7. The summed E-state index contributed by atoms with van der Waals surface area (Å²) in [6, 6.07) is 4.24. The maximum Gasteiger partial charge on any atom is 0.326 e. The highest BCUT2D eigenvalue weighted by molar-refractivity contribution is 8.00. The van der Waals surface area contributed by atoms with Gasteiger partial charge in [-0.15, -0.1) is 23.1 Å². The average Bonchev–Trinajstić information content (AvgIpc) is 3.57. The van der Waals surface area contributed by atoms with Crippen molar-refractivity contribution in [1.82, 2.24) is 9.88 Å². The van der Waals surface area contributed by atoms with E-state index in [1.807, 2.05) is 26.0 Å². The smallest absolute Gasteiger partial charge is 0.326 e. The van der Waals surface area contributed by atoms with Gasteiger partial charge in [0.15, 0.2) is 15.5 Å². The van der Waals surface area contributed by atoms with Crippen molar-refractivity contribution in [3.05, 3.63) is 32.6 Å². The van der Waals surface area contributed by atoms with Crippen molar-refractivity contribution < 1.29 is 29.3 Å². The van der Waals surface area contributed by atoms with E-state index in [2.05, 4.69) is 4.98 Å². The van der Waals surface area contributed by atoms with Gasteiger partial charge in [0.25, 0.3) is 0 Å². The number of hydrogen-bond acceptors (Lipinski definition) is 8. The molecule has 6 rings (SSSR count). The Morgan fingerprint density at radius 1 is 1.24 bits per heavy atom. The molecule has 8 unspecified atom stereocenters. The Balaban J connectivity index is 1.43. The molecule has 1 aromatic carbocycles. The van der Waals surface area contributed by atoms with E-state index in [1.54, 1.807) is 17.8 Å². The lowest BCUT2D eigenvalue weighted by atomic mass is 9.68. The Bertz CT molecular complexity index is 1370. The molecule has 2 saturated carbocycles. The Kier molecular flexibility index (Phi) is 5.96. The quantitative estimate of drug-likeness (QED) is 0.349. The molecule has 2 aromatic rings. The van der Waals surface area contributed by atoms with Gasteiger partial charge in [0.05, 0.1) is 24.0 Å². The van der Waals surface area contributed by atoms with Crippen LogP contribution in [0.2, 0.25) is 0 Å². The standard InChI is InChI=1S/C26H28N2O6S3/c1-9(2)6-13(25(32)33)28-23(30)18-11-8-12(19(18)24(28)31)20-17(11)16(21-22(36-20)27-26(35)37-21)10-4-5-14(29)15(7-10)34-3/h4-5,7,9,11-13,16-20,29H,6,8H2,1-3H3,(H,27,35)(H,32,33).